The Morgan fingerprint density at radius 3 is 2.47 bits per heavy atom. The number of hydrogen-bond acceptors (Lipinski definition) is 5. The molecule has 1 unspecified atom stereocenters. The number of nitrogens with one attached hydrogen (secondary N) is 2. The summed E-state index contributed by atoms with van der Waals surface area (Å²) in [6.45, 7) is 4.36. The first-order valence-electron chi connectivity index (χ1n) is 8.42. The smallest absolute Gasteiger partial charge is 0.338 e. The fraction of sp³-hybridized carbons (Fsp3) is 0.158. The molecule has 1 atom stereocenters. The molecule has 2 aromatic carbocycles. The average molecular weight is 442 g/mol. The van der Waals surface area contributed by atoms with Crippen molar-refractivity contribution in [1.82, 2.24) is 4.72 Å². The van der Waals surface area contributed by atoms with Crippen LogP contribution in [0.3, 0.4) is 0 Å². The van der Waals surface area contributed by atoms with Gasteiger partial charge < -0.3 is 10.1 Å². The van der Waals surface area contributed by atoms with E-state index in [9.17, 15) is 31.2 Å². The van der Waals surface area contributed by atoms with Crippen molar-refractivity contribution in [2.75, 3.05) is 11.9 Å². The van der Waals surface area contributed by atoms with E-state index in [4.69, 9.17) is 4.74 Å². The van der Waals surface area contributed by atoms with E-state index >= 15 is 0 Å². The van der Waals surface area contributed by atoms with Crippen LogP contribution in [-0.4, -0.2) is 32.9 Å². The molecule has 0 aliphatic heterocycles. The lowest BCUT2D eigenvalue weighted by Gasteiger charge is -2.14. The standard InChI is InChI=1S/C19H17F3N2O5S/c1-3-8-23-30(27,28)17-9-12(4-6-14(17)21)19(26)29-11(2)18(25)24-16-7-5-13(20)10-15(16)22/h3-7,9-11,23H,1,8H2,2H3,(H,24,25). The normalized spacial score (nSPS) is 12.1. The highest BCUT2D eigenvalue weighted by molar-refractivity contribution is 7.89. The third-order valence-electron chi connectivity index (χ3n) is 3.72. The highest BCUT2D eigenvalue weighted by Gasteiger charge is 2.24. The summed E-state index contributed by atoms with van der Waals surface area (Å²) in [5.41, 5.74) is -0.657. The summed E-state index contributed by atoms with van der Waals surface area (Å²) in [6.07, 6.45) is -0.177. The molecule has 2 aromatic rings. The Hall–Kier alpha value is -3.18. The third-order valence-corrected chi connectivity index (χ3v) is 5.15. The predicted molar refractivity (Wildman–Crippen MR) is 102 cm³/mol. The highest BCUT2D eigenvalue weighted by atomic mass is 32.2. The van der Waals surface area contributed by atoms with Crippen LogP contribution in [-0.2, 0) is 19.6 Å². The van der Waals surface area contributed by atoms with Crippen molar-refractivity contribution in [1.29, 1.82) is 0 Å². The maximum Gasteiger partial charge on any atom is 0.338 e. The molecule has 2 rings (SSSR count). The first-order chi connectivity index (χ1) is 14.0. The molecule has 2 N–H and O–H groups in total. The van der Waals surface area contributed by atoms with Crippen molar-refractivity contribution in [3.8, 4) is 0 Å². The average Bonchev–Trinajstić information content (AvgIpc) is 2.68. The largest absolute Gasteiger partial charge is 0.449 e. The van der Waals surface area contributed by atoms with E-state index in [0.29, 0.717) is 6.07 Å². The number of amides is 1. The summed E-state index contributed by atoms with van der Waals surface area (Å²) in [5, 5.41) is 2.13. The van der Waals surface area contributed by atoms with Crippen molar-refractivity contribution >= 4 is 27.6 Å². The van der Waals surface area contributed by atoms with Gasteiger partial charge in [0.05, 0.1) is 11.3 Å². The topological polar surface area (TPSA) is 102 Å². The summed E-state index contributed by atoms with van der Waals surface area (Å²) in [5.74, 6) is -4.99. The van der Waals surface area contributed by atoms with Crippen LogP contribution in [0.15, 0.2) is 53.9 Å². The molecule has 0 fully saturated rings. The molecule has 0 aliphatic rings. The number of halogens is 3. The first-order valence-corrected chi connectivity index (χ1v) is 9.90. The Morgan fingerprint density at radius 2 is 1.83 bits per heavy atom. The van der Waals surface area contributed by atoms with Gasteiger partial charge >= 0.3 is 5.97 Å². The van der Waals surface area contributed by atoms with Gasteiger partial charge in [0.15, 0.2) is 6.10 Å². The van der Waals surface area contributed by atoms with Gasteiger partial charge in [-0.05, 0) is 37.3 Å². The highest BCUT2D eigenvalue weighted by Crippen LogP contribution is 2.19. The van der Waals surface area contributed by atoms with Gasteiger partial charge in [-0.2, -0.15) is 0 Å². The maximum atomic E-state index is 13.9. The molecule has 0 spiro atoms. The zero-order valence-electron chi connectivity index (χ0n) is 15.6. The molecule has 0 bridgehead atoms. The Balaban J connectivity index is 2.14. The number of benzene rings is 2. The quantitative estimate of drug-likeness (QED) is 0.484. The Bertz CT molecular complexity index is 1090. The van der Waals surface area contributed by atoms with Crippen LogP contribution < -0.4 is 10.0 Å². The minimum atomic E-state index is -4.26. The van der Waals surface area contributed by atoms with Gasteiger partial charge in [0, 0.05) is 12.6 Å². The van der Waals surface area contributed by atoms with Gasteiger partial charge in [0.1, 0.15) is 22.3 Å². The van der Waals surface area contributed by atoms with Crippen molar-refractivity contribution in [2.45, 2.75) is 17.9 Å². The Labute approximate surface area is 170 Å². The minimum absolute atomic E-state index is 0.159. The van der Waals surface area contributed by atoms with Crippen molar-refractivity contribution < 1.29 is 35.9 Å². The minimum Gasteiger partial charge on any atom is -0.449 e. The van der Waals surface area contributed by atoms with Crippen molar-refractivity contribution in [2.24, 2.45) is 0 Å². The lowest BCUT2D eigenvalue weighted by molar-refractivity contribution is -0.123. The molecular weight excluding hydrogens is 425 g/mol. The van der Waals surface area contributed by atoms with Gasteiger partial charge in [-0.25, -0.2) is 31.1 Å². The fourth-order valence-electron chi connectivity index (χ4n) is 2.19. The van der Waals surface area contributed by atoms with Gasteiger partial charge in [-0.3, -0.25) is 4.79 Å². The summed E-state index contributed by atoms with van der Waals surface area (Å²) < 4.78 is 71.6. The molecule has 7 nitrogen and oxygen atoms in total. The number of rotatable bonds is 8. The molecule has 0 aliphatic carbocycles. The molecule has 0 saturated carbocycles. The van der Waals surface area contributed by atoms with Gasteiger partial charge in [-0.1, -0.05) is 6.08 Å². The van der Waals surface area contributed by atoms with E-state index in [1.807, 2.05) is 0 Å². The number of carbonyl (C=O) groups is 2. The van der Waals surface area contributed by atoms with Crippen LogP contribution in [0.2, 0.25) is 0 Å². The SMILES string of the molecule is C=CCNS(=O)(=O)c1cc(C(=O)OC(C)C(=O)Nc2ccc(F)cc2F)ccc1F. The van der Waals surface area contributed by atoms with Crippen LogP contribution in [0, 0.1) is 17.5 Å². The molecule has 30 heavy (non-hydrogen) atoms. The number of hydrogen-bond donors (Lipinski definition) is 2. The molecule has 1 amide bonds. The van der Waals surface area contributed by atoms with E-state index in [0.717, 1.165) is 30.3 Å². The number of carbonyl (C=O) groups excluding carboxylic acids is 2. The molecule has 0 heterocycles. The lowest BCUT2D eigenvalue weighted by Crippen LogP contribution is -2.30. The summed E-state index contributed by atoms with van der Waals surface area (Å²) >= 11 is 0. The summed E-state index contributed by atoms with van der Waals surface area (Å²) in [7, 11) is -4.26. The van der Waals surface area contributed by atoms with E-state index in [1.165, 1.54) is 13.0 Å². The predicted octanol–water partition coefficient (Wildman–Crippen LogP) is 2.75. The van der Waals surface area contributed by atoms with Crippen LogP contribution in [0.1, 0.15) is 17.3 Å². The van der Waals surface area contributed by atoms with Crippen molar-refractivity contribution in [3.63, 3.8) is 0 Å². The van der Waals surface area contributed by atoms with Crippen LogP contribution in [0.5, 0.6) is 0 Å². The van der Waals surface area contributed by atoms with Crippen LogP contribution in [0.4, 0.5) is 18.9 Å². The van der Waals surface area contributed by atoms with Crippen molar-refractivity contribution in [3.05, 3.63) is 72.1 Å². The van der Waals surface area contributed by atoms with E-state index in [-0.39, 0.29) is 17.8 Å². The molecule has 160 valence electrons. The second-order valence-corrected chi connectivity index (χ2v) is 7.68. The monoisotopic (exact) mass is 442 g/mol. The maximum absolute atomic E-state index is 13.9. The number of esters is 1. The number of ether oxygens (including phenoxy) is 1. The van der Waals surface area contributed by atoms with Crippen LogP contribution >= 0.6 is 0 Å². The lowest BCUT2D eigenvalue weighted by atomic mass is 10.2. The number of anilines is 1. The Morgan fingerprint density at radius 1 is 1.13 bits per heavy atom. The summed E-state index contributed by atoms with van der Waals surface area (Å²) in [6, 6.07) is 4.98. The molecule has 11 heteroatoms. The van der Waals surface area contributed by atoms with Crippen LogP contribution in [0.25, 0.3) is 0 Å². The Kier molecular flexibility index (Phi) is 7.35. The third kappa shape index (κ3) is 5.67. The second kappa shape index (κ2) is 9.55. The zero-order valence-corrected chi connectivity index (χ0v) is 16.4. The molecule has 0 aromatic heterocycles. The molecular formula is C19H17F3N2O5S. The first kappa shape index (κ1) is 23.1. The fourth-order valence-corrected chi connectivity index (χ4v) is 3.29. The van der Waals surface area contributed by atoms with Gasteiger partial charge in [0.25, 0.3) is 5.91 Å². The van der Waals surface area contributed by atoms with E-state index < -0.39 is 50.4 Å². The number of sulfonamides is 1. The molecule has 0 saturated heterocycles. The summed E-state index contributed by atoms with van der Waals surface area (Å²) in [4.78, 5) is 23.6. The van der Waals surface area contributed by atoms with Gasteiger partial charge in [-0.15, -0.1) is 6.58 Å². The second-order valence-electron chi connectivity index (χ2n) is 5.95. The van der Waals surface area contributed by atoms with Gasteiger partial charge in [0.2, 0.25) is 10.0 Å². The zero-order chi connectivity index (χ0) is 22.5. The van der Waals surface area contributed by atoms with E-state index in [1.54, 1.807) is 0 Å². The molecule has 0 radical (unpaired) electrons. The van der Waals surface area contributed by atoms with E-state index in [2.05, 4.69) is 16.6 Å².